The Morgan fingerprint density at radius 2 is 2.04 bits per heavy atom. The number of benzene rings is 2. The van der Waals surface area contributed by atoms with Crippen molar-refractivity contribution in [2.75, 3.05) is 6.61 Å². The Labute approximate surface area is 149 Å². The first-order valence-electron chi connectivity index (χ1n) is 8.09. The second kappa shape index (κ2) is 7.26. The number of fused-ring (bicyclic) bond motifs is 1. The van der Waals surface area contributed by atoms with Crippen molar-refractivity contribution in [3.8, 4) is 5.75 Å². The number of furan rings is 1. The molecular weight excluding hydrogens is 336 g/mol. The number of nitrogens with zero attached hydrogens (tertiary/aromatic N) is 1. The van der Waals surface area contributed by atoms with Crippen molar-refractivity contribution in [1.82, 2.24) is 5.32 Å². The van der Waals surface area contributed by atoms with Crippen LogP contribution in [0.2, 0.25) is 0 Å². The molecule has 0 bridgehead atoms. The molecule has 0 saturated carbocycles. The fraction of sp³-hybridized carbons (Fsp3) is 0.211. The molecule has 7 nitrogen and oxygen atoms in total. The number of hydrogen-bond donors (Lipinski definition) is 1. The highest BCUT2D eigenvalue weighted by Gasteiger charge is 2.15. The molecule has 7 heteroatoms. The van der Waals surface area contributed by atoms with E-state index in [1.165, 1.54) is 18.2 Å². The lowest BCUT2D eigenvalue weighted by atomic mass is 10.2. The second-order valence-electron chi connectivity index (χ2n) is 5.97. The summed E-state index contributed by atoms with van der Waals surface area (Å²) in [5.41, 5.74) is 1.25. The van der Waals surface area contributed by atoms with Crippen LogP contribution in [0, 0.1) is 17.0 Å². The molecule has 26 heavy (non-hydrogen) atoms. The molecule has 1 atom stereocenters. The van der Waals surface area contributed by atoms with Crippen LogP contribution >= 0.6 is 0 Å². The van der Waals surface area contributed by atoms with E-state index >= 15 is 0 Å². The van der Waals surface area contributed by atoms with Crippen molar-refractivity contribution >= 4 is 22.6 Å². The van der Waals surface area contributed by atoms with Crippen LogP contribution in [0.4, 0.5) is 5.69 Å². The van der Waals surface area contributed by atoms with Crippen molar-refractivity contribution < 1.29 is 18.9 Å². The SMILES string of the molecule is Cc1cc(OCC(=O)N[C@@H](C)c2cc3ccccc3o2)ccc1[N+](=O)[O-]. The predicted octanol–water partition coefficient (Wildman–Crippen LogP) is 3.91. The Morgan fingerprint density at radius 3 is 2.73 bits per heavy atom. The third-order valence-corrected chi connectivity index (χ3v) is 3.98. The van der Waals surface area contributed by atoms with Gasteiger partial charge in [-0.15, -0.1) is 0 Å². The number of para-hydroxylation sites is 1. The molecule has 0 aliphatic rings. The van der Waals surface area contributed by atoms with Crippen LogP contribution in [0.15, 0.2) is 52.9 Å². The van der Waals surface area contributed by atoms with Gasteiger partial charge in [0.1, 0.15) is 17.1 Å². The van der Waals surface area contributed by atoms with Crippen LogP contribution in [0.3, 0.4) is 0 Å². The molecule has 1 aromatic heterocycles. The highest BCUT2D eigenvalue weighted by atomic mass is 16.6. The van der Waals surface area contributed by atoms with Gasteiger partial charge in [0.25, 0.3) is 11.6 Å². The van der Waals surface area contributed by atoms with Crippen molar-refractivity contribution in [2.24, 2.45) is 0 Å². The Bertz CT molecular complexity index is 930. The zero-order valence-electron chi connectivity index (χ0n) is 14.4. The molecule has 0 aliphatic carbocycles. The predicted molar refractivity (Wildman–Crippen MR) is 96.1 cm³/mol. The minimum absolute atomic E-state index is 0.0142. The third-order valence-electron chi connectivity index (χ3n) is 3.98. The lowest BCUT2D eigenvalue weighted by Gasteiger charge is -2.12. The molecule has 0 aliphatic heterocycles. The first-order valence-corrected chi connectivity index (χ1v) is 8.09. The summed E-state index contributed by atoms with van der Waals surface area (Å²) in [6.45, 7) is 3.25. The molecule has 0 radical (unpaired) electrons. The molecule has 3 rings (SSSR count). The molecule has 1 heterocycles. The van der Waals surface area contributed by atoms with Gasteiger partial charge in [-0.2, -0.15) is 0 Å². The zero-order chi connectivity index (χ0) is 18.7. The number of carbonyl (C=O) groups is 1. The Morgan fingerprint density at radius 1 is 1.27 bits per heavy atom. The average Bonchev–Trinajstić information content (AvgIpc) is 3.04. The van der Waals surface area contributed by atoms with Crippen molar-refractivity contribution in [3.63, 3.8) is 0 Å². The minimum atomic E-state index is -0.458. The van der Waals surface area contributed by atoms with Gasteiger partial charge in [-0.25, -0.2) is 0 Å². The summed E-state index contributed by atoms with van der Waals surface area (Å²) in [4.78, 5) is 22.4. The molecule has 0 spiro atoms. The fourth-order valence-electron chi connectivity index (χ4n) is 2.64. The van der Waals surface area contributed by atoms with Gasteiger partial charge in [0.2, 0.25) is 0 Å². The van der Waals surface area contributed by atoms with Crippen LogP contribution < -0.4 is 10.1 Å². The number of nitro benzene ring substituents is 1. The van der Waals surface area contributed by atoms with E-state index in [1.807, 2.05) is 37.3 Å². The van der Waals surface area contributed by atoms with Crippen LogP contribution in [0.25, 0.3) is 11.0 Å². The highest BCUT2D eigenvalue weighted by Crippen LogP contribution is 2.24. The Hall–Kier alpha value is -3.35. The molecule has 0 fully saturated rings. The van der Waals surface area contributed by atoms with E-state index in [9.17, 15) is 14.9 Å². The highest BCUT2D eigenvalue weighted by molar-refractivity contribution is 5.79. The smallest absolute Gasteiger partial charge is 0.272 e. The maximum Gasteiger partial charge on any atom is 0.272 e. The molecule has 0 unspecified atom stereocenters. The van der Waals surface area contributed by atoms with Gasteiger partial charge in [0, 0.05) is 17.0 Å². The lowest BCUT2D eigenvalue weighted by molar-refractivity contribution is -0.385. The van der Waals surface area contributed by atoms with Gasteiger partial charge in [0.05, 0.1) is 11.0 Å². The quantitative estimate of drug-likeness (QED) is 0.535. The molecular formula is C19H18N2O5. The number of nitro groups is 1. The van der Waals surface area contributed by atoms with Crippen LogP contribution in [0.5, 0.6) is 5.75 Å². The van der Waals surface area contributed by atoms with E-state index in [4.69, 9.17) is 9.15 Å². The summed E-state index contributed by atoms with van der Waals surface area (Å²) < 4.78 is 11.1. The number of amides is 1. The normalized spacial score (nSPS) is 11.9. The molecule has 134 valence electrons. The summed E-state index contributed by atoms with van der Waals surface area (Å²) in [6, 6.07) is 13.6. The van der Waals surface area contributed by atoms with E-state index in [0.29, 0.717) is 17.1 Å². The van der Waals surface area contributed by atoms with Crippen molar-refractivity contribution in [2.45, 2.75) is 19.9 Å². The lowest BCUT2D eigenvalue weighted by Crippen LogP contribution is -2.31. The number of nitrogens with one attached hydrogen (secondary N) is 1. The number of rotatable bonds is 6. The second-order valence-corrected chi connectivity index (χ2v) is 5.97. The summed E-state index contributed by atoms with van der Waals surface area (Å²) in [7, 11) is 0. The van der Waals surface area contributed by atoms with Gasteiger partial charge in [-0.05, 0) is 38.1 Å². The van der Waals surface area contributed by atoms with E-state index < -0.39 is 4.92 Å². The van der Waals surface area contributed by atoms with Crippen LogP contribution in [-0.4, -0.2) is 17.4 Å². The Kier molecular flexibility index (Phi) is 4.88. The molecule has 0 saturated heterocycles. The molecule has 3 aromatic rings. The number of ether oxygens (including phenoxy) is 1. The van der Waals surface area contributed by atoms with Crippen LogP contribution in [-0.2, 0) is 4.79 Å². The average molecular weight is 354 g/mol. The summed E-state index contributed by atoms with van der Waals surface area (Å²) >= 11 is 0. The monoisotopic (exact) mass is 354 g/mol. The van der Waals surface area contributed by atoms with Crippen LogP contribution in [0.1, 0.15) is 24.3 Å². The number of hydrogen-bond acceptors (Lipinski definition) is 5. The van der Waals surface area contributed by atoms with Crippen molar-refractivity contribution in [1.29, 1.82) is 0 Å². The topological polar surface area (TPSA) is 94.6 Å². The van der Waals surface area contributed by atoms with Gasteiger partial charge in [-0.1, -0.05) is 18.2 Å². The van der Waals surface area contributed by atoms with E-state index in [1.54, 1.807) is 6.92 Å². The van der Waals surface area contributed by atoms with Gasteiger partial charge in [0.15, 0.2) is 6.61 Å². The molecule has 1 N–H and O–H groups in total. The zero-order valence-corrected chi connectivity index (χ0v) is 14.4. The summed E-state index contributed by atoms with van der Waals surface area (Å²) in [6.07, 6.45) is 0. The first-order chi connectivity index (χ1) is 12.4. The Balaban J connectivity index is 1.58. The van der Waals surface area contributed by atoms with Gasteiger partial charge < -0.3 is 14.5 Å². The molecule has 1 amide bonds. The number of carbonyl (C=O) groups excluding carboxylic acids is 1. The summed E-state index contributed by atoms with van der Waals surface area (Å²) in [5, 5.41) is 14.6. The van der Waals surface area contributed by atoms with E-state index in [-0.39, 0.29) is 24.2 Å². The van der Waals surface area contributed by atoms with E-state index in [0.717, 1.165) is 11.0 Å². The third kappa shape index (κ3) is 3.83. The minimum Gasteiger partial charge on any atom is -0.484 e. The van der Waals surface area contributed by atoms with Gasteiger partial charge in [-0.3, -0.25) is 14.9 Å². The maximum absolute atomic E-state index is 12.1. The van der Waals surface area contributed by atoms with Gasteiger partial charge >= 0.3 is 0 Å². The number of aryl methyl sites for hydroxylation is 1. The maximum atomic E-state index is 12.1. The van der Waals surface area contributed by atoms with Crippen molar-refractivity contribution in [3.05, 3.63) is 70.0 Å². The molecule has 2 aromatic carbocycles. The first kappa shape index (κ1) is 17.5. The largest absolute Gasteiger partial charge is 0.484 e. The fourth-order valence-corrected chi connectivity index (χ4v) is 2.64. The standard InChI is InChI=1S/C19H18N2O5/c1-12-9-15(7-8-16(12)21(23)24)25-11-19(22)20-13(2)18-10-14-5-3-4-6-17(14)26-18/h3-10,13H,11H2,1-2H3,(H,20,22)/t13-/m0/s1. The van der Waals surface area contributed by atoms with E-state index in [2.05, 4.69) is 5.32 Å². The summed E-state index contributed by atoms with van der Waals surface area (Å²) in [5.74, 6) is 0.749.